The molecule has 0 aliphatic heterocycles. The van der Waals surface area contributed by atoms with Crippen molar-refractivity contribution < 1.29 is 9.90 Å². The Bertz CT molecular complexity index is 434. The fourth-order valence-corrected chi connectivity index (χ4v) is 2.44. The van der Waals surface area contributed by atoms with Gasteiger partial charge in [0.2, 0.25) is 5.95 Å². The summed E-state index contributed by atoms with van der Waals surface area (Å²) in [5.41, 5.74) is 0. The number of aliphatic hydroxyl groups is 1. The summed E-state index contributed by atoms with van der Waals surface area (Å²) in [5.74, 6) is 0.588. The highest BCUT2D eigenvalue weighted by molar-refractivity contribution is 5.87. The van der Waals surface area contributed by atoms with E-state index in [2.05, 4.69) is 15.4 Å². The van der Waals surface area contributed by atoms with Crippen LogP contribution in [0.15, 0.2) is 6.33 Å². The van der Waals surface area contributed by atoms with E-state index in [0.717, 1.165) is 25.7 Å². The zero-order valence-electron chi connectivity index (χ0n) is 11.4. The summed E-state index contributed by atoms with van der Waals surface area (Å²) in [5, 5.41) is 16.5. The number of carbonyl (C=O) groups excluding carboxylic acids is 1. The number of aliphatic hydroxyl groups excluding tert-OH is 1. The van der Waals surface area contributed by atoms with E-state index in [1.54, 1.807) is 19.0 Å². The Morgan fingerprint density at radius 2 is 2.32 bits per heavy atom. The number of amides is 2. The Labute approximate surface area is 112 Å². The first-order chi connectivity index (χ1) is 9.08. The van der Waals surface area contributed by atoms with Crippen molar-refractivity contribution in [3.8, 4) is 0 Å². The van der Waals surface area contributed by atoms with Crippen LogP contribution in [0.5, 0.6) is 0 Å². The third-order valence-corrected chi connectivity index (χ3v) is 3.65. The van der Waals surface area contributed by atoms with Crippen molar-refractivity contribution in [1.29, 1.82) is 0 Å². The van der Waals surface area contributed by atoms with Gasteiger partial charge >= 0.3 is 6.03 Å². The van der Waals surface area contributed by atoms with Crippen molar-refractivity contribution in [3.05, 3.63) is 6.33 Å². The van der Waals surface area contributed by atoms with E-state index in [1.165, 1.54) is 11.0 Å². The van der Waals surface area contributed by atoms with Gasteiger partial charge in [0.05, 0.1) is 6.10 Å². The van der Waals surface area contributed by atoms with E-state index in [1.807, 2.05) is 0 Å². The molecule has 2 atom stereocenters. The molecule has 1 saturated carbocycles. The first-order valence-electron chi connectivity index (χ1n) is 6.62. The first kappa shape index (κ1) is 13.8. The number of carbonyl (C=O) groups is 1. The van der Waals surface area contributed by atoms with Crippen LogP contribution >= 0.6 is 0 Å². The van der Waals surface area contributed by atoms with E-state index in [9.17, 15) is 9.90 Å². The van der Waals surface area contributed by atoms with Gasteiger partial charge in [-0.25, -0.2) is 9.48 Å². The Kier molecular flexibility index (Phi) is 4.36. The molecule has 1 aliphatic rings. The SMILES string of the molecule is CN(C[C@@H]1CCCC[C@@H]1O)C(=O)Nc1ncnn1C. The molecule has 0 radical (unpaired) electrons. The summed E-state index contributed by atoms with van der Waals surface area (Å²) in [6.07, 6.45) is 5.11. The summed E-state index contributed by atoms with van der Waals surface area (Å²) in [4.78, 5) is 17.5. The molecule has 0 spiro atoms. The Morgan fingerprint density at radius 3 is 2.95 bits per heavy atom. The summed E-state index contributed by atoms with van der Waals surface area (Å²) >= 11 is 0. The van der Waals surface area contributed by atoms with Gasteiger partial charge in [-0.15, -0.1) is 0 Å². The molecule has 1 aromatic rings. The molecule has 0 unspecified atom stereocenters. The average Bonchev–Trinajstić information content (AvgIpc) is 2.78. The second kappa shape index (κ2) is 6.01. The van der Waals surface area contributed by atoms with Gasteiger partial charge in [0.1, 0.15) is 6.33 Å². The standard InChI is InChI=1S/C12H21N5O2/c1-16(7-9-5-3-4-6-10(9)18)12(19)15-11-13-8-14-17(11)2/h8-10,18H,3-7H2,1-2H3,(H,13,14,15,19)/t9-,10-/m0/s1. The predicted octanol–water partition coefficient (Wildman–Crippen LogP) is 0.830. The monoisotopic (exact) mass is 267 g/mol. The van der Waals surface area contributed by atoms with Crippen molar-refractivity contribution >= 4 is 12.0 Å². The predicted molar refractivity (Wildman–Crippen MR) is 70.6 cm³/mol. The lowest BCUT2D eigenvalue weighted by Gasteiger charge is -2.31. The van der Waals surface area contributed by atoms with Crippen molar-refractivity contribution in [3.63, 3.8) is 0 Å². The summed E-state index contributed by atoms with van der Waals surface area (Å²) < 4.78 is 1.50. The van der Waals surface area contributed by atoms with Crippen LogP contribution in [0.3, 0.4) is 0 Å². The topological polar surface area (TPSA) is 83.3 Å². The number of aryl methyl sites for hydroxylation is 1. The minimum atomic E-state index is -0.293. The fourth-order valence-electron chi connectivity index (χ4n) is 2.44. The number of hydrogen-bond donors (Lipinski definition) is 2. The third kappa shape index (κ3) is 3.44. The summed E-state index contributed by atoms with van der Waals surface area (Å²) in [7, 11) is 3.44. The lowest BCUT2D eigenvalue weighted by atomic mass is 9.86. The van der Waals surface area contributed by atoms with Crippen LogP contribution < -0.4 is 5.32 Å². The van der Waals surface area contributed by atoms with Crippen molar-refractivity contribution in [2.45, 2.75) is 31.8 Å². The molecular weight excluding hydrogens is 246 g/mol. The average molecular weight is 267 g/mol. The number of urea groups is 1. The van der Waals surface area contributed by atoms with Crippen LogP contribution in [-0.2, 0) is 7.05 Å². The maximum atomic E-state index is 12.0. The van der Waals surface area contributed by atoms with E-state index in [0.29, 0.717) is 12.5 Å². The van der Waals surface area contributed by atoms with Gasteiger partial charge in [-0.2, -0.15) is 10.1 Å². The molecule has 0 aromatic carbocycles. The van der Waals surface area contributed by atoms with Crippen molar-refractivity contribution in [2.24, 2.45) is 13.0 Å². The van der Waals surface area contributed by atoms with Gasteiger partial charge in [0.15, 0.2) is 0 Å². The second-order valence-corrected chi connectivity index (χ2v) is 5.13. The third-order valence-electron chi connectivity index (χ3n) is 3.65. The molecule has 1 fully saturated rings. The molecule has 7 nitrogen and oxygen atoms in total. The van der Waals surface area contributed by atoms with Crippen LogP contribution in [0.4, 0.5) is 10.7 Å². The van der Waals surface area contributed by atoms with E-state index >= 15 is 0 Å². The van der Waals surface area contributed by atoms with Crippen molar-refractivity contribution in [1.82, 2.24) is 19.7 Å². The van der Waals surface area contributed by atoms with Gasteiger partial charge in [0, 0.05) is 26.6 Å². The van der Waals surface area contributed by atoms with Gasteiger partial charge in [-0.1, -0.05) is 12.8 Å². The normalized spacial score (nSPS) is 23.1. The number of aromatic nitrogens is 3. The molecule has 106 valence electrons. The van der Waals surface area contributed by atoms with Crippen LogP contribution in [0.25, 0.3) is 0 Å². The molecule has 2 N–H and O–H groups in total. The largest absolute Gasteiger partial charge is 0.393 e. The van der Waals surface area contributed by atoms with Crippen LogP contribution in [0.1, 0.15) is 25.7 Å². The minimum absolute atomic E-state index is 0.170. The molecule has 2 rings (SSSR count). The highest BCUT2D eigenvalue weighted by atomic mass is 16.3. The zero-order valence-corrected chi connectivity index (χ0v) is 11.4. The smallest absolute Gasteiger partial charge is 0.323 e. The van der Waals surface area contributed by atoms with E-state index in [-0.39, 0.29) is 18.1 Å². The highest BCUT2D eigenvalue weighted by Crippen LogP contribution is 2.24. The summed E-state index contributed by atoms with van der Waals surface area (Å²) in [6, 6.07) is -0.228. The van der Waals surface area contributed by atoms with Crippen LogP contribution in [0, 0.1) is 5.92 Å². The highest BCUT2D eigenvalue weighted by Gasteiger charge is 2.25. The molecule has 19 heavy (non-hydrogen) atoms. The van der Waals surface area contributed by atoms with Crippen LogP contribution in [-0.4, -0.2) is 50.5 Å². The second-order valence-electron chi connectivity index (χ2n) is 5.13. The number of rotatable bonds is 3. The molecule has 1 aliphatic carbocycles. The maximum Gasteiger partial charge on any atom is 0.323 e. The molecular formula is C12H21N5O2. The van der Waals surface area contributed by atoms with E-state index < -0.39 is 0 Å². The fraction of sp³-hybridized carbons (Fsp3) is 0.750. The molecule has 0 bridgehead atoms. The Morgan fingerprint density at radius 1 is 1.58 bits per heavy atom. The number of anilines is 1. The van der Waals surface area contributed by atoms with Gasteiger partial charge in [-0.3, -0.25) is 5.32 Å². The van der Waals surface area contributed by atoms with Gasteiger partial charge in [0.25, 0.3) is 0 Å². The Hall–Kier alpha value is -1.63. The number of nitrogens with one attached hydrogen (secondary N) is 1. The molecule has 7 heteroatoms. The quantitative estimate of drug-likeness (QED) is 0.849. The van der Waals surface area contributed by atoms with Gasteiger partial charge in [-0.05, 0) is 12.8 Å². The molecule has 1 aromatic heterocycles. The first-order valence-corrected chi connectivity index (χ1v) is 6.62. The lowest BCUT2D eigenvalue weighted by molar-refractivity contribution is 0.0575. The molecule has 2 amide bonds. The van der Waals surface area contributed by atoms with Crippen molar-refractivity contribution in [2.75, 3.05) is 18.9 Å². The maximum absolute atomic E-state index is 12.0. The molecule has 1 heterocycles. The Balaban J connectivity index is 1.87. The lowest BCUT2D eigenvalue weighted by Crippen LogP contribution is -2.40. The van der Waals surface area contributed by atoms with E-state index in [4.69, 9.17) is 0 Å². The number of hydrogen-bond acceptors (Lipinski definition) is 4. The van der Waals surface area contributed by atoms with Crippen LogP contribution in [0.2, 0.25) is 0 Å². The summed E-state index contributed by atoms with van der Waals surface area (Å²) in [6.45, 7) is 0.560. The minimum Gasteiger partial charge on any atom is -0.393 e. The molecule has 0 saturated heterocycles. The van der Waals surface area contributed by atoms with Gasteiger partial charge < -0.3 is 10.0 Å². The zero-order chi connectivity index (χ0) is 13.8. The number of nitrogens with zero attached hydrogens (tertiary/aromatic N) is 4.